The van der Waals surface area contributed by atoms with Gasteiger partial charge in [0.2, 0.25) is 5.95 Å². The first-order chi connectivity index (χ1) is 15.7. The normalized spacial score (nSPS) is 15.5. The Labute approximate surface area is 185 Å². The van der Waals surface area contributed by atoms with Crippen LogP contribution in [0, 0.1) is 0 Å². The molecule has 0 bridgehead atoms. The molecule has 0 aliphatic carbocycles. The average Bonchev–Trinajstić information content (AvgIpc) is 3.44. The maximum absolute atomic E-state index is 4.73. The fourth-order valence-corrected chi connectivity index (χ4v) is 4.44. The van der Waals surface area contributed by atoms with Crippen molar-refractivity contribution in [1.29, 1.82) is 0 Å². The zero-order valence-corrected chi connectivity index (χ0v) is 17.9. The lowest BCUT2D eigenvalue weighted by Gasteiger charge is -2.29. The molecule has 1 saturated heterocycles. The van der Waals surface area contributed by atoms with Gasteiger partial charge < -0.3 is 15.2 Å². The zero-order chi connectivity index (χ0) is 21.5. The van der Waals surface area contributed by atoms with E-state index < -0.39 is 0 Å². The molecular formula is C24H24N8. The Bertz CT molecular complexity index is 1380. The fourth-order valence-electron chi connectivity index (χ4n) is 4.44. The monoisotopic (exact) mass is 424 g/mol. The number of nitrogens with one attached hydrogen (secondary N) is 2. The number of fused-ring (bicyclic) bond motifs is 2. The molecule has 32 heavy (non-hydrogen) atoms. The number of likely N-dealkylation sites (tertiary alicyclic amines) is 1. The summed E-state index contributed by atoms with van der Waals surface area (Å²) in [7, 11) is 2.17. The number of anilines is 1. The number of H-pyrrole nitrogens is 1. The predicted octanol–water partition coefficient (Wildman–Crippen LogP) is 3.84. The Balaban J connectivity index is 1.33. The summed E-state index contributed by atoms with van der Waals surface area (Å²) in [6.45, 7) is 2.20. The van der Waals surface area contributed by atoms with Gasteiger partial charge in [-0.2, -0.15) is 10.1 Å². The van der Waals surface area contributed by atoms with Gasteiger partial charge in [0.1, 0.15) is 5.65 Å². The SMILES string of the molecule is CN1CCC(Nc2ncc3c(-c4ccn5ncc(-c6cccnc6)c5c4)c[nH]c3n2)CC1. The highest BCUT2D eigenvalue weighted by molar-refractivity contribution is 5.95. The van der Waals surface area contributed by atoms with Gasteiger partial charge in [-0.1, -0.05) is 6.07 Å². The second-order valence-electron chi connectivity index (χ2n) is 8.43. The smallest absolute Gasteiger partial charge is 0.224 e. The molecule has 1 aliphatic heterocycles. The van der Waals surface area contributed by atoms with Crippen LogP contribution >= 0.6 is 0 Å². The van der Waals surface area contributed by atoms with Gasteiger partial charge in [0.15, 0.2) is 0 Å². The average molecular weight is 425 g/mol. The standard InChI is InChI=1S/C24H24N8/c1-31-8-5-18(6-9-31)29-24-27-14-21-19(13-26-23(21)30-24)16-4-10-32-22(11-16)20(15-28-32)17-3-2-7-25-12-17/h2-4,7,10-15,18H,5-6,8-9H2,1H3,(H2,26,27,29,30). The van der Waals surface area contributed by atoms with Crippen molar-refractivity contribution in [1.82, 2.24) is 34.4 Å². The Morgan fingerprint density at radius 3 is 2.81 bits per heavy atom. The van der Waals surface area contributed by atoms with Crippen LogP contribution in [0.1, 0.15) is 12.8 Å². The third-order valence-corrected chi connectivity index (χ3v) is 6.29. The van der Waals surface area contributed by atoms with Crippen LogP contribution in [0.4, 0.5) is 5.95 Å². The van der Waals surface area contributed by atoms with Gasteiger partial charge in [-0.05, 0) is 56.7 Å². The van der Waals surface area contributed by atoms with Gasteiger partial charge >= 0.3 is 0 Å². The lowest BCUT2D eigenvalue weighted by molar-refractivity contribution is 0.263. The van der Waals surface area contributed by atoms with Crippen LogP contribution in [0.3, 0.4) is 0 Å². The first-order valence-corrected chi connectivity index (χ1v) is 10.9. The Hall–Kier alpha value is -3.78. The highest BCUT2D eigenvalue weighted by atomic mass is 15.2. The van der Waals surface area contributed by atoms with Gasteiger partial charge in [0.25, 0.3) is 0 Å². The van der Waals surface area contributed by atoms with Crippen LogP contribution in [0.5, 0.6) is 0 Å². The van der Waals surface area contributed by atoms with E-state index in [9.17, 15) is 0 Å². The van der Waals surface area contributed by atoms with E-state index in [0.29, 0.717) is 12.0 Å². The minimum atomic E-state index is 0.424. The van der Waals surface area contributed by atoms with E-state index in [-0.39, 0.29) is 0 Å². The van der Waals surface area contributed by atoms with Gasteiger partial charge in [-0.25, -0.2) is 9.50 Å². The van der Waals surface area contributed by atoms with Crippen molar-refractivity contribution in [3.63, 3.8) is 0 Å². The summed E-state index contributed by atoms with van der Waals surface area (Å²) >= 11 is 0. The Morgan fingerprint density at radius 1 is 1.06 bits per heavy atom. The molecule has 6 rings (SSSR count). The lowest BCUT2D eigenvalue weighted by atomic mass is 10.0. The lowest BCUT2D eigenvalue weighted by Crippen LogP contribution is -2.37. The number of nitrogens with zero attached hydrogens (tertiary/aromatic N) is 6. The molecule has 0 radical (unpaired) electrons. The number of piperidine rings is 1. The van der Waals surface area contributed by atoms with E-state index in [4.69, 9.17) is 4.98 Å². The molecule has 0 amide bonds. The molecule has 8 nitrogen and oxygen atoms in total. The summed E-state index contributed by atoms with van der Waals surface area (Å²) in [5, 5.41) is 9.00. The molecule has 0 saturated carbocycles. The molecule has 2 N–H and O–H groups in total. The first kappa shape index (κ1) is 18.9. The number of aromatic amines is 1. The highest BCUT2D eigenvalue weighted by Crippen LogP contribution is 2.31. The quantitative estimate of drug-likeness (QED) is 0.456. The van der Waals surface area contributed by atoms with E-state index in [1.54, 1.807) is 6.20 Å². The third kappa shape index (κ3) is 3.38. The maximum Gasteiger partial charge on any atom is 0.224 e. The zero-order valence-electron chi connectivity index (χ0n) is 17.9. The van der Waals surface area contributed by atoms with E-state index in [2.05, 4.69) is 55.5 Å². The molecule has 0 unspecified atom stereocenters. The topological polar surface area (TPSA) is 87.0 Å². The summed E-state index contributed by atoms with van der Waals surface area (Å²) < 4.78 is 1.89. The molecule has 5 aromatic heterocycles. The second-order valence-corrected chi connectivity index (χ2v) is 8.43. The largest absolute Gasteiger partial charge is 0.351 e. The number of hydrogen-bond acceptors (Lipinski definition) is 6. The van der Waals surface area contributed by atoms with E-state index in [1.807, 2.05) is 41.6 Å². The summed E-state index contributed by atoms with van der Waals surface area (Å²) in [4.78, 5) is 19.3. The molecule has 0 atom stereocenters. The Morgan fingerprint density at radius 2 is 1.97 bits per heavy atom. The maximum atomic E-state index is 4.73. The molecule has 8 heteroatoms. The van der Waals surface area contributed by atoms with Crippen molar-refractivity contribution in [3.8, 4) is 22.3 Å². The van der Waals surface area contributed by atoms with Crippen LogP contribution in [-0.4, -0.2) is 60.6 Å². The van der Waals surface area contributed by atoms with Crippen molar-refractivity contribution in [2.24, 2.45) is 0 Å². The molecule has 5 aromatic rings. The van der Waals surface area contributed by atoms with Crippen LogP contribution in [0.25, 0.3) is 38.8 Å². The van der Waals surface area contributed by atoms with Crippen LogP contribution in [-0.2, 0) is 0 Å². The molecular weight excluding hydrogens is 400 g/mol. The molecule has 0 spiro atoms. The number of pyridine rings is 2. The number of hydrogen-bond donors (Lipinski definition) is 2. The Kier molecular flexibility index (Phi) is 4.57. The van der Waals surface area contributed by atoms with Crippen LogP contribution < -0.4 is 5.32 Å². The first-order valence-electron chi connectivity index (χ1n) is 10.9. The highest BCUT2D eigenvalue weighted by Gasteiger charge is 2.18. The molecule has 1 aliphatic rings. The minimum Gasteiger partial charge on any atom is -0.351 e. The van der Waals surface area contributed by atoms with E-state index in [1.165, 1.54) is 0 Å². The van der Waals surface area contributed by atoms with Crippen molar-refractivity contribution in [2.75, 3.05) is 25.5 Å². The fraction of sp³-hybridized carbons (Fsp3) is 0.250. The van der Waals surface area contributed by atoms with E-state index in [0.717, 1.165) is 64.7 Å². The number of aromatic nitrogens is 6. The van der Waals surface area contributed by atoms with Gasteiger partial charge in [0.05, 0.1) is 11.7 Å². The van der Waals surface area contributed by atoms with Crippen molar-refractivity contribution in [2.45, 2.75) is 18.9 Å². The molecule has 0 aromatic carbocycles. The summed E-state index contributed by atoms with van der Waals surface area (Å²) in [5.74, 6) is 0.686. The summed E-state index contributed by atoms with van der Waals surface area (Å²) in [6.07, 6.45) is 13.6. The second kappa shape index (κ2) is 7.72. The molecule has 1 fully saturated rings. The van der Waals surface area contributed by atoms with Crippen molar-refractivity contribution in [3.05, 3.63) is 61.4 Å². The third-order valence-electron chi connectivity index (χ3n) is 6.29. The predicted molar refractivity (Wildman–Crippen MR) is 125 cm³/mol. The van der Waals surface area contributed by atoms with Gasteiger partial charge in [-0.3, -0.25) is 4.98 Å². The van der Waals surface area contributed by atoms with Crippen LogP contribution in [0.15, 0.2) is 61.4 Å². The van der Waals surface area contributed by atoms with Crippen molar-refractivity contribution < 1.29 is 0 Å². The summed E-state index contributed by atoms with van der Waals surface area (Å²) in [5.41, 5.74) is 6.14. The van der Waals surface area contributed by atoms with E-state index >= 15 is 0 Å². The van der Waals surface area contributed by atoms with Gasteiger partial charge in [-0.15, -0.1) is 0 Å². The van der Waals surface area contributed by atoms with Gasteiger partial charge in [0, 0.05) is 59.1 Å². The minimum absolute atomic E-state index is 0.424. The van der Waals surface area contributed by atoms with Crippen LogP contribution in [0.2, 0.25) is 0 Å². The molecule has 160 valence electrons. The van der Waals surface area contributed by atoms with Crippen molar-refractivity contribution >= 4 is 22.5 Å². The summed E-state index contributed by atoms with van der Waals surface area (Å²) in [6, 6.07) is 8.64. The molecule has 6 heterocycles. The number of rotatable bonds is 4.